The van der Waals surface area contributed by atoms with Crippen molar-refractivity contribution in [3.05, 3.63) is 81.9 Å². The van der Waals surface area contributed by atoms with Crippen molar-refractivity contribution < 1.29 is 35.9 Å². The number of nitrogens with zero attached hydrogens (tertiary/aromatic N) is 2. The Hall–Kier alpha value is -3.30. The summed E-state index contributed by atoms with van der Waals surface area (Å²) in [6.45, 7) is 4.08. The van der Waals surface area contributed by atoms with Gasteiger partial charge in [-0.05, 0) is 80.0 Å². The number of allylic oxidation sites excluding steroid dienone is 1. The summed E-state index contributed by atoms with van der Waals surface area (Å²) in [5.74, 6) is -0.808. The maximum absolute atomic E-state index is 13.6. The van der Waals surface area contributed by atoms with Gasteiger partial charge in [0.15, 0.2) is 0 Å². The molecular weight excluding hydrogens is 546 g/mol. The lowest BCUT2D eigenvalue weighted by Crippen LogP contribution is -2.57. The third kappa shape index (κ3) is 7.71. The molecule has 1 aliphatic heterocycles. The van der Waals surface area contributed by atoms with Gasteiger partial charge in [0.2, 0.25) is 5.91 Å². The summed E-state index contributed by atoms with van der Waals surface area (Å²) in [7, 11) is 0. The summed E-state index contributed by atoms with van der Waals surface area (Å²) in [6.07, 6.45) is -0.881. The van der Waals surface area contributed by atoms with E-state index < -0.39 is 41.0 Å². The minimum atomic E-state index is -5.06. The zero-order valence-corrected chi connectivity index (χ0v) is 23.1. The standard InChI is InChI=1S/C31H34F6N2O2/c1-20-8-9-23(14-21(20)2)15-27-19-38(28(40)11-10-22-6-4-3-5-7-22)12-13-39(27)29(41)24-16-25(30(32,33)34)18-26(17-24)31(35,36)37/h8-11,14,16-18,22,27H,3-7,12-13,15,19H2,1-2H3/b11-10+/t27-/m1/s1. The summed E-state index contributed by atoms with van der Waals surface area (Å²) in [5.41, 5.74) is -0.853. The Morgan fingerprint density at radius 3 is 2.07 bits per heavy atom. The molecule has 1 heterocycles. The van der Waals surface area contributed by atoms with Crippen LogP contribution in [0.25, 0.3) is 0 Å². The number of carbonyl (C=O) groups is 2. The first-order valence-corrected chi connectivity index (χ1v) is 13.9. The Labute approximate surface area is 236 Å². The van der Waals surface area contributed by atoms with Crippen molar-refractivity contribution in [2.75, 3.05) is 19.6 Å². The number of alkyl halides is 6. The highest BCUT2D eigenvalue weighted by atomic mass is 19.4. The third-order valence-electron chi connectivity index (χ3n) is 8.09. The van der Waals surface area contributed by atoms with Gasteiger partial charge in [-0.3, -0.25) is 9.59 Å². The van der Waals surface area contributed by atoms with E-state index >= 15 is 0 Å². The molecule has 0 aromatic heterocycles. The van der Waals surface area contributed by atoms with E-state index in [0.717, 1.165) is 42.4 Å². The predicted octanol–water partition coefficient (Wildman–Crippen LogP) is 7.37. The Kier molecular flexibility index (Phi) is 9.19. The van der Waals surface area contributed by atoms with Gasteiger partial charge in [0.1, 0.15) is 0 Å². The first-order chi connectivity index (χ1) is 19.2. The van der Waals surface area contributed by atoms with E-state index in [-0.39, 0.29) is 38.0 Å². The minimum absolute atomic E-state index is 0.0125. The fourth-order valence-corrected chi connectivity index (χ4v) is 5.59. The molecule has 0 unspecified atom stereocenters. The van der Waals surface area contributed by atoms with Crippen molar-refractivity contribution in [3.63, 3.8) is 0 Å². The molecule has 41 heavy (non-hydrogen) atoms. The maximum Gasteiger partial charge on any atom is 0.416 e. The first kappa shape index (κ1) is 30.7. The van der Waals surface area contributed by atoms with E-state index in [9.17, 15) is 35.9 Å². The van der Waals surface area contributed by atoms with Gasteiger partial charge in [-0.15, -0.1) is 0 Å². The second kappa shape index (κ2) is 12.3. The van der Waals surface area contributed by atoms with Crippen LogP contribution < -0.4 is 0 Å². The van der Waals surface area contributed by atoms with Crippen LogP contribution in [0, 0.1) is 19.8 Å². The van der Waals surface area contributed by atoms with E-state index in [0.29, 0.717) is 18.1 Å². The summed E-state index contributed by atoms with van der Waals surface area (Å²) < 4.78 is 80.9. The molecule has 4 rings (SSSR count). The highest BCUT2D eigenvalue weighted by Gasteiger charge is 2.39. The first-order valence-electron chi connectivity index (χ1n) is 13.9. The van der Waals surface area contributed by atoms with Gasteiger partial charge in [0, 0.05) is 25.2 Å². The largest absolute Gasteiger partial charge is 0.416 e. The summed E-state index contributed by atoms with van der Waals surface area (Å²) >= 11 is 0. The van der Waals surface area contributed by atoms with Crippen LogP contribution in [0.4, 0.5) is 26.3 Å². The number of rotatable bonds is 5. The van der Waals surface area contributed by atoms with Crippen molar-refractivity contribution in [1.82, 2.24) is 9.80 Å². The molecule has 2 fully saturated rings. The average Bonchev–Trinajstić information content (AvgIpc) is 2.92. The zero-order valence-electron chi connectivity index (χ0n) is 23.1. The summed E-state index contributed by atoms with van der Waals surface area (Å²) in [6, 6.07) is 6.03. The molecule has 10 heteroatoms. The van der Waals surface area contributed by atoms with Crippen molar-refractivity contribution in [2.45, 2.75) is 70.8 Å². The highest BCUT2D eigenvalue weighted by Crippen LogP contribution is 2.37. The SMILES string of the molecule is Cc1ccc(C[C@@H]2CN(C(=O)/C=C/C3CCCCC3)CCN2C(=O)c2cc(C(F)(F)F)cc(C(F)(F)F)c2)cc1C. The summed E-state index contributed by atoms with van der Waals surface area (Å²) in [4.78, 5) is 29.5. The average molecular weight is 581 g/mol. The van der Waals surface area contributed by atoms with Crippen molar-refractivity contribution in [2.24, 2.45) is 5.92 Å². The second-order valence-corrected chi connectivity index (χ2v) is 11.1. The quantitative estimate of drug-likeness (QED) is 0.274. The number of hydrogen-bond donors (Lipinski definition) is 0. The molecule has 1 aliphatic carbocycles. The number of benzene rings is 2. The molecule has 1 saturated carbocycles. The monoisotopic (exact) mass is 580 g/mol. The van der Waals surface area contributed by atoms with Crippen LogP contribution in [0.1, 0.15) is 70.3 Å². The smallest absolute Gasteiger partial charge is 0.335 e. The minimum Gasteiger partial charge on any atom is -0.335 e. The van der Waals surface area contributed by atoms with Gasteiger partial charge in [-0.1, -0.05) is 43.5 Å². The lowest BCUT2D eigenvalue weighted by molar-refractivity contribution is -0.143. The molecule has 0 N–H and O–H groups in total. The van der Waals surface area contributed by atoms with E-state index in [2.05, 4.69) is 0 Å². The Morgan fingerprint density at radius 2 is 1.49 bits per heavy atom. The number of hydrogen-bond acceptors (Lipinski definition) is 2. The van der Waals surface area contributed by atoms with Gasteiger partial charge >= 0.3 is 12.4 Å². The van der Waals surface area contributed by atoms with E-state index in [1.54, 1.807) is 11.0 Å². The van der Waals surface area contributed by atoms with Crippen molar-refractivity contribution in [1.29, 1.82) is 0 Å². The van der Waals surface area contributed by atoms with E-state index in [1.165, 1.54) is 11.3 Å². The number of piperazine rings is 1. The lowest BCUT2D eigenvalue weighted by Gasteiger charge is -2.41. The Balaban J connectivity index is 1.63. The number of amides is 2. The molecule has 1 atom stereocenters. The van der Waals surface area contributed by atoms with Gasteiger partial charge in [-0.2, -0.15) is 26.3 Å². The molecule has 0 spiro atoms. The van der Waals surface area contributed by atoms with Gasteiger partial charge in [0.05, 0.1) is 17.2 Å². The summed E-state index contributed by atoms with van der Waals surface area (Å²) in [5, 5.41) is 0. The van der Waals surface area contributed by atoms with Crippen LogP contribution in [0.5, 0.6) is 0 Å². The van der Waals surface area contributed by atoms with Crippen LogP contribution in [0.15, 0.2) is 48.6 Å². The zero-order chi connectivity index (χ0) is 29.9. The normalized spacial score (nSPS) is 19.2. The van der Waals surface area contributed by atoms with E-state index in [1.807, 2.05) is 38.1 Å². The fourth-order valence-electron chi connectivity index (χ4n) is 5.59. The Bertz CT molecular complexity index is 1260. The van der Waals surface area contributed by atoms with Crippen molar-refractivity contribution >= 4 is 11.8 Å². The number of halogens is 6. The molecule has 4 nitrogen and oxygen atoms in total. The molecule has 2 aromatic carbocycles. The van der Waals surface area contributed by atoms with E-state index in [4.69, 9.17) is 0 Å². The second-order valence-electron chi connectivity index (χ2n) is 11.1. The molecule has 1 saturated heterocycles. The van der Waals surface area contributed by atoms with Crippen LogP contribution in [-0.2, 0) is 23.6 Å². The maximum atomic E-state index is 13.6. The highest BCUT2D eigenvalue weighted by molar-refractivity contribution is 5.95. The fraction of sp³-hybridized carbons (Fsp3) is 0.484. The van der Waals surface area contributed by atoms with Crippen molar-refractivity contribution in [3.8, 4) is 0 Å². The van der Waals surface area contributed by atoms with Gasteiger partial charge < -0.3 is 9.80 Å². The third-order valence-corrected chi connectivity index (χ3v) is 8.09. The molecular formula is C31H34F6N2O2. The molecule has 2 aromatic rings. The lowest BCUT2D eigenvalue weighted by atomic mass is 9.89. The van der Waals surface area contributed by atoms with Crippen LogP contribution in [0.2, 0.25) is 0 Å². The number of carbonyl (C=O) groups excluding carboxylic acids is 2. The molecule has 222 valence electrons. The molecule has 2 aliphatic rings. The number of aryl methyl sites for hydroxylation is 2. The van der Waals surface area contributed by atoms with Crippen LogP contribution in [0.3, 0.4) is 0 Å². The molecule has 2 amide bonds. The van der Waals surface area contributed by atoms with Gasteiger partial charge in [-0.25, -0.2) is 0 Å². The topological polar surface area (TPSA) is 40.6 Å². The molecule has 0 radical (unpaired) electrons. The predicted molar refractivity (Wildman–Crippen MR) is 143 cm³/mol. The van der Waals surface area contributed by atoms with Gasteiger partial charge in [0.25, 0.3) is 5.91 Å². The van der Waals surface area contributed by atoms with Crippen LogP contribution in [-0.4, -0.2) is 47.3 Å². The van der Waals surface area contributed by atoms with Crippen LogP contribution >= 0.6 is 0 Å². The molecule has 0 bridgehead atoms. The Morgan fingerprint density at radius 1 is 0.854 bits per heavy atom.